The van der Waals surface area contributed by atoms with Crippen LogP contribution in [0.1, 0.15) is 25.3 Å². The molecule has 0 aliphatic heterocycles. The SMILES string of the molecule is CC(C)c1[c]n(-c2ccc(F)cc2)c2ccccc2c1=O. The summed E-state index contributed by atoms with van der Waals surface area (Å²) < 4.78 is 14.9. The van der Waals surface area contributed by atoms with E-state index in [0.29, 0.717) is 10.9 Å². The van der Waals surface area contributed by atoms with Crippen LogP contribution in [-0.4, -0.2) is 4.57 Å². The summed E-state index contributed by atoms with van der Waals surface area (Å²) in [5, 5.41) is 0.657. The minimum absolute atomic E-state index is 0.0129. The number of fused-ring (bicyclic) bond motifs is 1. The molecule has 0 fully saturated rings. The minimum atomic E-state index is -0.284. The zero-order chi connectivity index (χ0) is 15.0. The Morgan fingerprint density at radius 2 is 1.71 bits per heavy atom. The van der Waals surface area contributed by atoms with Gasteiger partial charge in [-0.1, -0.05) is 26.0 Å². The van der Waals surface area contributed by atoms with E-state index >= 15 is 0 Å². The third-order valence-corrected chi connectivity index (χ3v) is 3.53. The first-order valence-corrected chi connectivity index (χ1v) is 6.91. The second kappa shape index (κ2) is 5.17. The fourth-order valence-electron chi connectivity index (χ4n) is 2.42. The molecule has 0 aliphatic carbocycles. The first-order valence-electron chi connectivity index (χ1n) is 6.91. The highest BCUT2D eigenvalue weighted by Crippen LogP contribution is 2.20. The Labute approximate surface area is 122 Å². The van der Waals surface area contributed by atoms with E-state index in [1.807, 2.05) is 42.7 Å². The fourth-order valence-corrected chi connectivity index (χ4v) is 2.42. The van der Waals surface area contributed by atoms with Gasteiger partial charge in [0, 0.05) is 16.6 Å². The predicted octanol–water partition coefficient (Wildman–Crippen LogP) is 4.05. The molecule has 3 heteroatoms. The average Bonchev–Trinajstić information content (AvgIpc) is 2.49. The molecule has 0 spiro atoms. The van der Waals surface area contributed by atoms with Crippen molar-refractivity contribution < 1.29 is 4.39 Å². The van der Waals surface area contributed by atoms with E-state index in [-0.39, 0.29) is 17.2 Å². The van der Waals surface area contributed by atoms with E-state index in [9.17, 15) is 9.18 Å². The van der Waals surface area contributed by atoms with Crippen molar-refractivity contribution in [1.82, 2.24) is 4.57 Å². The van der Waals surface area contributed by atoms with Gasteiger partial charge in [-0.25, -0.2) is 4.39 Å². The monoisotopic (exact) mass is 280 g/mol. The highest BCUT2D eigenvalue weighted by atomic mass is 19.1. The zero-order valence-corrected chi connectivity index (χ0v) is 11.9. The lowest BCUT2D eigenvalue weighted by Crippen LogP contribution is -2.15. The Bertz CT molecular complexity index is 847. The number of halogens is 1. The Kier molecular flexibility index (Phi) is 3.34. The molecule has 105 valence electrons. The van der Waals surface area contributed by atoms with E-state index in [0.717, 1.165) is 11.2 Å². The van der Waals surface area contributed by atoms with Crippen molar-refractivity contribution in [2.75, 3.05) is 0 Å². The lowest BCUT2D eigenvalue weighted by Gasteiger charge is -2.14. The van der Waals surface area contributed by atoms with E-state index in [4.69, 9.17) is 0 Å². The molecule has 3 rings (SSSR count). The van der Waals surface area contributed by atoms with Crippen molar-refractivity contribution in [3.8, 4) is 5.69 Å². The maximum Gasteiger partial charge on any atom is 0.193 e. The van der Waals surface area contributed by atoms with E-state index in [2.05, 4.69) is 6.20 Å². The summed E-state index contributed by atoms with van der Waals surface area (Å²) in [7, 11) is 0. The summed E-state index contributed by atoms with van der Waals surface area (Å²) >= 11 is 0. The van der Waals surface area contributed by atoms with Crippen LogP contribution in [0.5, 0.6) is 0 Å². The third kappa shape index (κ3) is 2.35. The Morgan fingerprint density at radius 3 is 2.38 bits per heavy atom. The Hall–Kier alpha value is -2.42. The van der Waals surface area contributed by atoms with Gasteiger partial charge in [-0.15, -0.1) is 0 Å². The van der Waals surface area contributed by atoms with Crippen molar-refractivity contribution in [3.63, 3.8) is 0 Å². The van der Waals surface area contributed by atoms with Gasteiger partial charge in [-0.2, -0.15) is 0 Å². The predicted molar refractivity (Wildman–Crippen MR) is 82.4 cm³/mol. The molecule has 0 unspecified atom stereocenters. The van der Waals surface area contributed by atoms with Crippen molar-refractivity contribution in [2.24, 2.45) is 0 Å². The standard InChI is InChI=1S/C18H15FNO/c1-12(2)16-11-20(14-9-7-13(19)8-10-14)17-6-4-3-5-15(17)18(16)21/h3-10,12H,1-2H3. The van der Waals surface area contributed by atoms with Crippen molar-refractivity contribution in [2.45, 2.75) is 19.8 Å². The summed E-state index contributed by atoms with van der Waals surface area (Å²) in [5.74, 6) is -0.206. The number of rotatable bonds is 2. The first kappa shape index (κ1) is 13.6. The topological polar surface area (TPSA) is 22.0 Å². The molecule has 1 aromatic heterocycles. The maximum atomic E-state index is 13.1. The van der Waals surface area contributed by atoms with Crippen molar-refractivity contribution in [3.05, 3.63) is 76.3 Å². The number of hydrogen-bond donors (Lipinski definition) is 0. The van der Waals surface area contributed by atoms with Crippen LogP contribution in [-0.2, 0) is 0 Å². The first-order chi connectivity index (χ1) is 10.1. The molecule has 0 saturated heterocycles. The summed E-state index contributed by atoms with van der Waals surface area (Å²) in [4.78, 5) is 12.5. The fraction of sp³-hybridized carbons (Fsp3) is 0.167. The lowest BCUT2D eigenvalue weighted by atomic mass is 10.0. The molecular formula is C18H15FNO. The van der Waals surface area contributed by atoms with Gasteiger partial charge >= 0.3 is 0 Å². The van der Waals surface area contributed by atoms with Crippen LogP contribution in [0.25, 0.3) is 16.6 Å². The van der Waals surface area contributed by atoms with Gasteiger partial charge in [0.1, 0.15) is 5.82 Å². The van der Waals surface area contributed by atoms with Gasteiger partial charge in [0.15, 0.2) is 5.43 Å². The molecular weight excluding hydrogens is 265 g/mol. The van der Waals surface area contributed by atoms with Gasteiger partial charge in [0.2, 0.25) is 0 Å². The molecule has 0 bridgehead atoms. The number of aromatic nitrogens is 1. The van der Waals surface area contributed by atoms with E-state index in [1.54, 1.807) is 12.1 Å². The van der Waals surface area contributed by atoms with E-state index in [1.165, 1.54) is 12.1 Å². The smallest absolute Gasteiger partial charge is 0.193 e. The van der Waals surface area contributed by atoms with Crippen LogP contribution < -0.4 is 5.43 Å². The summed E-state index contributed by atoms with van der Waals surface area (Å²) in [5.41, 5.74) is 2.21. The van der Waals surface area contributed by atoms with Crippen LogP contribution in [0, 0.1) is 12.0 Å². The van der Waals surface area contributed by atoms with Crippen LogP contribution >= 0.6 is 0 Å². The van der Waals surface area contributed by atoms with Crippen LogP contribution in [0.15, 0.2) is 53.3 Å². The Morgan fingerprint density at radius 1 is 1.05 bits per heavy atom. The molecule has 0 saturated carbocycles. The van der Waals surface area contributed by atoms with Gasteiger partial charge in [-0.05, 0) is 42.3 Å². The molecule has 0 amide bonds. The largest absolute Gasteiger partial charge is 0.307 e. The summed E-state index contributed by atoms with van der Waals surface area (Å²) in [6.45, 7) is 3.94. The maximum absolute atomic E-state index is 13.1. The number of para-hydroxylation sites is 1. The third-order valence-electron chi connectivity index (χ3n) is 3.53. The number of pyridine rings is 1. The molecule has 2 aromatic carbocycles. The summed E-state index contributed by atoms with van der Waals surface area (Å²) in [6, 6.07) is 13.6. The minimum Gasteiger partial charge on any atom is -0.307 e. The van der Waals surface area contributed by atoms with Crippen molar-refractivity contribution in [1.29, 1.82) is 0 Å². The molecule has 1 heterocycles. The Balaban J connectivity index is 2.38. The molecule has 3 aromatic rings. The van der Waals surface area contributed by atoms with Gasteiger partial charge < -0.3 is 4.57 Å². The molecule has 1 radical (unpaired) electrons. The quantitative estimate of drug-likeness (QED) is 0.694. The van der Waals surface area contributed by atoms with Crippen LogP contribution in [0.2, 0.25) is 0 Å². The van der Waals surface area contributed by atoms with Gasteiger partial charge in [-0.3, -0.25) is 4.79 Å². The average molecular weight is 280 g/mol. The lowest BCUT2D eigenvalue weighted by molar-refractivity contribution is 0.627. The zero-order valence-electron chi connectivity index (χ0n) is 11.9. The van der Waals surface area contributed by atoms with Crippen molar-refractivity contribution >= 4 is 10.9 Å². The number of benzene rings is 2. The summed E-state index contributed by atoms with van der Waals surface area (Å²) in [6.07, 6.45) is 3.17. The van der Waals surface area contributed by atoms with Crippen LogP contribution in [0.3, 0.4) is 0 Å². The van der Waals surface area contributed by atoms with Crippen LogP contribution in [0.4, 0.5) is 4.39 Å². The normalized spacial score (nSPS) is 11.2. The van der Waals surface area contributed by atoms with Gasteiger partial charge in [0.25, 0.3) is 0 Å². The number of hydrogen-bond acceptors (Lipinski definition) is 1. The molecule has 0 atom stereocenters. The van der Waals surface area contributed by atoms with Gasteiger partial charge in [0.05, 0.1) is 11.7 Å². The second-order valence-electron chi connectivity index (χ2n) is 5.34. The highest BCUT2D eigenvalue weighted by Gasteiger charge is 2.13. The van der Waals surface area contributed by atoms with E-state index < -0.39 is 0 Å². The highest BCUT2D eigenvalue weighted by molar-refractivity contribution is 5.81. The molecule has 0 N–H and O–H groups in total. The second-order valence-corrected chi connectivity index (χ2v) is 5.34. The molecule has 21 heavy (non-hydrogen) atoms. The molecule has 0 aliphatic rings. The molecule has 2 nitrogen and oxygen atoms in total. The number of nitrogens with zero attached hydrogens (tertiary/aromatic N) is 1.